The van der Waals surface area contributed by atoms with Crippen LogP contribution in [-0.4, -0.2) is 29.9 Å². The van der Waals surface area contributed by atoms with Crippen LogP contribution in [0.25, 0.3) is 0 Å². The Morgan fingerprint density at radius 1 is 1.53 bits per heavy atom. The number of amides is 1. The predicted octanol–water partition coefficient (Wildman–Crippen LogP) is 1.62. The SMILES string of the molecule is CCC(C)C(N)C(=O)N1CCC(C)(C)C1. The van der Waals surface area contributed by atoms with Gasteiger partial charge < -0.3 is 10.6 Å². The lowest BCUT2D eigenvalue weighted by Gasteiger charge is -2.25. The second kappa shape index (κ2) is 4.52. The first kappa shape index (κ1) is 12.5. The molecule has 0 aromatic heterocycles. The zero-order chi connectivity index (χ0) is 11.6. The fourth-order valence-electron chi connectivity index (χ4n) is 2.01. The van der Waals surface area contributed by atoms with E-state index in [2.05, 4.69) is 20.8 Å². The molecule has 1 saturated heterocycles. The fourth-order valence-corrected chi connectivity index (χ4v) is 2.01. The highest BCUT2D eigenvalue weighted by molar-refractivity contribution is 5.82. The molecule has 1 amide bonds. The van der Waals surface area contributed by atoms with E-state index in [0.29, 0.717) is 0 Å². The largest absolute Gasteiger partial charge is 0.341 e. The molecule has 0 aromatic rings. The Labute approximate surface area is 93.0 Å². The minimum atomic E-state index is -0.316. The van der Waals surface area contributed by atoms with E-state index in [9.17, 15) is 4.79 Å². The lowest BCUT2D eigenvalue weighted by Crippen LogP contribution is -2.46. The molecule has 0 radical (unpaired) electrons. The lowest BCUT2D eigenvalue weighted by molar-refractivity contribution is -0.133. The van der Waals surface area contributed by atoms with E-state index in [-0.39, 0.29) is 23.3 Å². The smallest absolute Gasteiger partial charge is 0.239 e. The summed E-state index contributed by atoms with van der Waals surface area (Å²) in [7, 11) is 0. The Balaban J connectivity index is 2.55. The van der Waals surface area contributed by atoms with E-state index < -0.39 is 0 Å². The zero-order valence-corrected chi connectivity index (χ0v) is 10.4. The van der Waals surface area contributed by atoms with Gasteiger partial charge in [-0.25, -0.2) is 0 Å². The van der Waals surface area contributed by atoms with Crippen LogP contribution >= 0.6 is 0 Å². The summed E-state index contributed by atoms with van der Waals surface area (Å²) in [6.07, 6.45) is 2.05. The molecular weight excluding hydrogens is 188 g/mol. The van der Waals surface area contributed by atoms with Crippen LogP contribution in [0.3, 0.4) is 0 Å². The summed E-state index contributed by atoms with van der Waals surface area (Å²) in [5.74, 6) is 0.413. The van der Waals surface area contributed by atoms with Crippen LogP contribution in [0.4, 0.5) is 0 Å². The van der Waals surface area contributed by atoms with E-state index in [1.54, 1.807) is 0 Å². The summed E-state index contributed by atoms with van der Waals surface area (Å²) in [5, 5.41) is 0. The lowest BCUT2D eigenvalue weighted by atomic mass is 9.93. The number of nitrogens with zero attached hydrogens (tertiary/aromatic N) is 1. The molecular formula is C12H24N2O. The van der Waals surface area contributed by atoms with Crippen molar-refractivity contribution in [3.63, 3.8) is 0 Å². The van der Waals surface area contributed by atoms with Gasteiger partial charge in [0.15, 0.2) is 0 Å². The first-order valence-corrected chi connectivity index (χ1v) is 5.92. The number of hydrogen-bond acceptors (Lipinski definition) is 2. The Hall–Kier alpha value is -0.570. The number of carbonyl (C=O) groups excluding carboxylic acids is 1. The summed E-state index contributed by atoms with van der Waals surface area (Å²) < 4.78 is 0. The van der Waals surface area contributed by atoms with Gasteiger partial charge in [0.25, 0.3) is 0 Å². The molecule has 2 atom stereocenters. The van der Waals surface area contributed by atoms with Crippen molar-refractivity contribution < 1.29 is 4.79 Å². The zero-order valence-electron chi connectivity index (χ0n) is 10.4. The number of rotatable bonds is 3. The van der Waals surface area contributed by atoms with Crippen molar-refractivity contribution >= 4 is 5.91 Å². The highest BCUT2D eigenvalue weighted by Crippen LogP contribution is 2.29. The topological polar surface area (TPSA) is 46.3 Å². The third kappa shape index (κ3) is 2.94. The first-order chi connectivity index (χ1) is 6.87. The van der Waals surface area contributed by atoms with E-state index in [0.717, 1.165) is 25.9 Å². The van der Waals surface area contributed by atoms with Crippen molar-refractivity contribution in [1.29, 1.82) is 0 Å². The molecule has 1 heterocycles. The summed E-state index contributed by atoms with van der Waals surface area (Å²) in [6, 6.07) is -0.316. The molecule has 3 nitrogen and oxygen atoms in total. The van der Waals surface area contributed by atoms with Gasteiger partial charge in [-0.15, -0.1) is 0 Å². The molecule has 1 rings (SSSR count). The molecule has 1 aliphatic heterocycles. The molecule has 1 aliphatic rings. The standard InChI is InChI=1S/C12H24N2O/c1-5-9(2)10(13)11(15)14-7-6-12(3,4)8-14/h9-10H,5-8,13H2,1-4H3. The predicted molar refractivity (Wildman–Crippen MR) is 62.4 cm³/mol. The summed E-state index contributed by atoms with van der Waals surface area (Å²) in [6.45, 7) is 10.3. The molecule has 0 saturated carbocycles. The molecule has 2 N–H and O–H groups in total. The van der Waals surface area contributed by atoms with Crippen molar-refractivity contribution in [3.05, 3.63) is 0 Å². The third-order valence-electron chi connectivity index (χ3n) is 3.53. The molecule has 0 spiro atoms. The van der Waals surface area contributed by atoms with Crippen molar-refractivity contribution in [2.75, 3.05) is 13.1 Å². The fraction of sp³-hybridized carbons (Fsp3) is 0.917. The van der Waals surface area contributed by atoms with Gasteiger partial charge in [-0.3, -0.25) is 4.79 Å². The Morgan fingerprint density at radius 2 is 2.13 bits per heavy atom. The first-order valence-electron chi connectivity index (χ1n) is 5.92. The number of likely N-dealkylation sites (tertiary alicyclic amines) is 1. The van der Waals surface area contributed by atoms with Crippen LogP contribution < -0.4 is 5.73 Å². The van der Waals surface area contributed by atoms with Crippen molar-refractivity contribution in [1.82, 2.24) is 4.90 Å². The van der Waals surface area contributed by atoms with Gasteiger partial charge >= 0.3 is 0 Å². The van der Waals surface area contributed by atoms with E-state index in [4.69, 9.17) is 5.73 Å². The van der Waals surface area contributed by atoms with Crippen LogP contribution in [0.2, 0.25) is 0 Å². The van der Waals surface area contributed by atoms with Crippen molar-refractivity contribution in [2.45, 2.75) is 46.6 Å². The number of hydrogen-bond donors (Lipinski definition) is 1. The number of nitrogens with two attached hydrogens (primary N) is 1. The van der Waals surface area contributed by atoms with Gasteiger partial charge in [-0.2, -0.15) is 0 Å². The van der Waals surface area contributed by atoms with Crippen LogP contribution in [0, 0.1) is 11.3 Å². The molecule has 0 bridgehead atoms. The van der Waals surface area contributed by atoms with Gasteiger partial charge in [0.2, 0.25) is 5.91 Å². The van der Waals surface area contributed by atoms with Gasteiger partial charge in [-0.1, -0.05) is 34.1 Å². The van der Waals surface area contributed by atoms with E-state index in [1.165, 1.54) is 0 Å². The second-order valence-corrected chi connectivity index (χ2v) is 5.59. The Bertz CT molecular complexity index is 238. The average Bonchev–Trinajstić information content (AvgIpc) is 2.55. The van der Waals surface area contributed by atoms with Gasteiger partial charge in [0, 0.05) is 13.1 Å². The normalized spacial score (nSPS) is 23.9. The number of carbonyl (C=O) groups is 1. The van der Waals surface area contributed by atoms with Crippen LogP contribution in [-0.2, 0) is 4.79 Å². The van der Waals surface area contributed by atoms with Crippen LogP contribution in [0.1, 0.15) is 40.5 Å². The summed E-state index contributed by atoms with van der Waals surface area (Å²) >= 11 is 0. The highest BCUT2D eigenvalue weighted by atomic mass is 16.2. The van der Waals surface area contributed by atoms with Crippen LogP contribution in [0.15, 0.2) is 0 Å². The van der Waals surface area contributed by atoms with E-state index >= 15 is 0 Å². The maximum Gasteiger partial charge on any atom is 0.239 e. The molecule has 15 heavy (non-hydrogen) atoms. The maximum atomic E-state index is 12.0. The maximum absolute atomic E-state index is 12.0. The van der Waals surface area contributed by atoms with Gasteiger partial charge in [-0.05, 0) is 17.8 Å². The van der Waals surface area contributed by atoms with Crippen LogP contribution in [0.5, 0.6) is 0 Å². The monoisotopic (exact) mass is 212 g/mol. The van der Waals surface area contributed by atoms with Crippen molar-refractivity contribution in [3.8, 4) is 0 Å². The molecule has 3 heteroatoms. The minimum absolute atomic E-state index is 0.134. The molecule has 2 unspecified atom stereocenters. The molecule has 0 aliphatic carbocycles. The quantitative estimate of drug-likeness (QED) is 0.772. The van der Waals surface area contributed by atoms with Crippen molar-refractivity contribution in [2.24, 2.45) is 17.1 Å². The van der Waals surface area contributed by atoms with Gasteiger partial charge in [0.05, 0.1) is 6.04 Å². The molecule has 1 fully saturated rings. The summed E-state index contributed by atoms with van der Waals surface area (Å²) in [5.41, 5.74) is 6.22. The third-order valence-corrected chi connectivity index (χ3v) is 3.53. The average molecular weight is 212 g/mol. The highest BCUT2D eigenvalue weighted by Gasteiger charge is 2.34. The van der Waals surface area contributed by atoms with E-state index in [1.807, 2.05) is 11.8 Å². The summed E-state index contributed by atoms with van der Waals surface area (Å²) in [4.78, 5) is 14.0. The minimum Gasteiger partial charge on any atom is -0.341 e. The Morgan fingerprint density at radius 3 is 2.53 bits per heavy atom. The second-order valence-electron chi connectivity index (χ2n) is 5.59. The van der Waals surface area contributed by atoms with Gasteiger partial charge in [0.1, 0.15) is 0 Å². The Kier molecular flexibility index (Phi) is 3.77. The molecule has 88 valence electrons. The molecule has 0 aromatic carbocycles.